The van der Waals surface area contributed by atoms with Gasteiger partial charge in [0.15, 0.2) is 6.10 Å². The summed E-state index contributed by atoms with van der Waals surface area (Å²) < 4.78 is 32.5. The summed E-state index contributed by atoms with van der Waals surface area (Å²) in [6.07, 6.45) is 45.7. The zero-order valence-corrected chi connectivity index (χ0v) is 36.8. The summed E-state index contributed by atoms with van der Waals surface area (Å²) in [5.74, 6) is -2.56. The Bertz CT molecular complexity index is 1340. The van der Waals surface area contributed by atoms with E-state index in [1.54, 1.807) is 0 Å². The van der Waals surface area contributed by atoms with Crippen molar-refractivity contribution in [2.45, 2.75) is 167 Å². The molecule has 13 heteroatoms. The molecule has 0 aromatic carbocycles. The van der Waals surface area contributed by atoms with E-state index in [-0.39, 0.29) is 18.9 Å². The number of carbonyl (C=O) groups is 3. The van der Waals surface area contributed by atoms with E-state index in [4.69, 9.17) is 24.8 Å². The summed E-state index contributed by atoms with van der Waals surface area (Å²) in [5.41, 5.74) is 5.32. The van der Waals surface area contributed by atoms with Crippen molar-refractivity contribution >= 4 is 25.7 Å². The summed E-state index contributed by atoms with van der Waals surface area (Å²) in [7, 11) is -4.76. The number of nitrogens with two attached hydrogens (primary N) is 1. The van der Waals surface area contributed by atoms with Gasteiger partial charge in [0.25, 0.3) is 0 Å². The van der Waals surface area contributed by atoms with Gasteiger partial charge in [-0.2, -0.15) is 0 Å². The molecule has 0 aromatic rings. The molecule has 0 fully saturated rings. The minimum absolute atomic E-state index is 0.0651. The number of aliphatic hydroxyl groups excluding tert-OH is 1. The molecule has 0 bridgehead atoms. The molecule has 0 saturated carbocycles. The number of hydrogen-bond donors (Lipinski definition) is 4. The van der Waals surface area contributed by atoms with Gasteiger partial charge in [0, 0.05) is 12.8 Å². The van der Waals surface area contributed by atoms with Crippen LogP contribution in [-0.2, 0) is 37.5 Å². The maximum absolute atomic E-state index is 12.6. The average molecular weight is 850 g/mol. The lowest BCUT2D eigenvalue weighted by molar-refractivity contribution is -0.161. The number of allylic oxidation sites excluding steroid dienone is 13. The number of carboxylic acid groups (broad SMARTS) is 1. The fraction of sp³-hybridized carbons (Fsp3) is 0.630. The van der Waals surface area contributed by atoms with Crippen LogP contribution in [0.15, 0.2) is 85.1 Å². The maximum Gasteiger partial charge on any atom is 0.472 e. The topological polar surface area (TPSA) is 192 Å². The third kappa shape index (κ3) is 39.8. The largest absolute Gasteiger partial charge is 0.480 e. The van der Waals surface area contributed by atoms with Crippen molar-refractivity contribution in [1.29, 1.82) is 0 Å². The fourth-order valence-corrected chi connectivity index (χ4v) is 5.99. The molecule has 0 amide bonds. The third-order valence-corrected chi connectivity index (χ3v) is 9.64. The van der Waals surface area contributed by atoms with Gasteiger partial charge < -0.3 is 30.3 Å². The van der Waals surface area contributed by atoms with Crippen molar-refractivity contribution in [3.8, 4) is 0 Å². The number of unbranched alkanes of at least 4 members (excludes halogenated alkanes) is 9. The van der Waals surface area contributed by atoms with Crippen LogP contribution in [0.3, 0.4) is 0 Å². The number of hydrogen-bond acceptors (Lipinski definition) is 10. The number of phosphoric ester groups is 1. The quantitative estimate of drug-likeness (QED) is 0.0198. The van der Waals surface area contributed by atoms with E-state index in [9.17, 15) is 28.9 Å². The van der Waals surface area contributed by atoms with Gasteiger partial charge in [0.1, 0.15) is 12.6 Å². The van der Waals surface area contributed by atoms with Gasteiger partial charge in [-0.15, -0.1) is 0 Å². The first kappa shape index (κ1) is 55.6. The minimum atomic E-state index is -4.76. The number of aliphatic carboxylic acids is 1. The first-order valence-corrected chi connectivity index (χ1v) is 23.2. The van der Waals surface area contributed by atoms with E-state index in [0.717, 1.165) is 57.8 Å². The van der Waals surface area contributed by atoms with E-state index in [1.165, 1.54) is 38.5 Å². The summed E-state index contributed by atoms with van der Waals surface area (Å²) >= 11 is 0. The number of aliphatic hydroxyl groups is 1. The molecule has 0 aliphatic carbocycles. The molecule has 0 spiro atoms. The van der Waals surface area contributed by atoms with E-state index in [2.05, 4.69) is 67.0 Å². The van der Waals surface area contributed by atoms with Crippen LogP contribution in [0.1, 0.15) is 149 Å². The van der Waals surface area contributed by atoms with Crippen molar-refractivity contribution in [1.82, 2.24) is 0 Å². The first-order valence-electron chi connectivity index (χ1n) is 21.7. The Morgan fingerprint density at radius 3 is 1.59 bits per heavy atom. The molecule has 1 unspecified atom stereocenters. The Labute approximate surface area is 355 Å². The molecule has 59 heavy (non-hydrogen) atoms. The number of carbonyl (C=O) groups excluding carboxylic acids is 2. The number of esters is 2. The summed E-state index contributed by atoms with van der Waals surface area (Å²) in [6.45, 7) is 2.51. The second-order valence-electron chi connectivity index (χ2n) is 14.3. The van der Waals surface area contributed by atoms with Crippen molar-refractivity contribution in [3.05, 3.63) is 85.1 Å². The molecule has 0 rings (SSSR count). The Hall–Kier alpha value is -3.38. The lowest BCUT2D eigenvalue weighted by Gasteiger charge is -2.20. The number of phosphoric acid groups is 1. The highest BCUT2D eigenvalue weighted by Gasteiger charge is 2.28. The van der Waals surface area contributed by atoms with Gasteiger partial charge in [-0.3, -0.25) is 23.4 Å². The maximum atomic E-state index is 12.6. The van der Waals surface area contributed by atoms with Gasteiger partial charge in [0.05, 0.1) is 19.3 Å². The predicted molar refractivity (Wildman–Crippen MR) is 236 cm³/mol. The van der Waals surface area contributed by atoms with E-state index < -0.39 is 57.7 Å². The van der Waals surface area contributed by atoms with E-state index in [1.807, 2.05) is 36.5 Å². The Morgan fingerprint density at radius 1 is 0.593 bits per heavy atom. The van der Waals surface area contributed by atoms with Crippen LogP contribution in [0.25, 0.3) is 0 Å². The van der Waals surface area contributed by atoms with E-state index in [0.29, 0.717) is 25.7 Å². The SMILES string of the molecule is CCCCCCCC/C=C\C/C=C\C/C=C\CCCC(=O)O[C@H](COC(=O)CCC/C=C\C/C=C\C/C=C\C/C=C\[C@@H](O)CCCC)COP(=O)(O)OC[C@H](N)C(=O)O. The standard InChI is InChI=1S/C46H76NO11P/c1-3-5-7-8-9-10-11-12-13-14-15-16-21-24-27-30-33-37-45(50)58-42(39-56-59(53,54)57-40-43(47)46(51)52)38-55-44(49)36-32-29-26-23-20-18-17-19-22-25-28-31-35-41(48)34-6-4-2/h12-13,15-18,22-27,31,35,41-43,48H,3-11,14,19-21,28-30,32-34,36-40,47H2,1-2H3,(H,51,52)(H,53,54)/b13-12-,16-15-,18-17-,25-22-,26-23-,27-24-,35-31-/t41-,42+,43-/m0/s1. The Balaban J connectivity index is 4.59. The fourth-order valence-electron chi connectivity index (χ4n) is 5.21. The third-order valence-electron chi connectivity index (χ3n) is 8.69. The number of ether oxygens (including phenoxy) is 2. The molecule has 0 heterocycles. The van der Waals surface area contributed by atoms with E-state index >= 15 is 0 Å². The zero-order valence-electron chi connectivity index (χ0n) is 35.9. The van der Waals surface area contributed by atoms with Crippen molar-refractivity contribution in [3.63, 3.8) is 0 Å². The molecule has 4 atom stereocenters. The molecule has 0 aliphatic heterocycles. The summed E-state index contributed by atoms with van der Waals surface area (Å²) in [6, 6.07) is -1.55. The van der Waals surface area contributed by atoms with Crippen LogP contribution in [0, 0.1) is 0 Å². The highest BCUT2D eigenvalue weighted by molar-refractivity contribution is 7.47. The average Bonchev–Trinajstić information content (AvgIpc) is 3.21. The second kappa shape index (κ2) is 40.0. The molecule has 0 aliphatic rings. The van der Waals surface area contributed by atoms with Crippen LogP contribution in [0.4, 0.5) is 0 Å². The van der Waals surface area contributed by atoms with Gasteiger partial charge in [-0.1, -0.05) is 144 Å². The molecular formula is C46H76NO11P. The smallest absolute Gasteiger partial charge is 0.472 e. The predicted octanol–water partition coefficient (Wildman–Crippen LogP) is 10.5. The van der Waals surface area contributed by atoms with Crippen LogP contribution < -0.4 is 5.73 Å². The zero-order chi connectivity index (χ0) is 43.7. The molecule has 336 valence electrons. The molecule has 5 N–H and O–H groups in total. The normalized spacial score (nSPS) is 15.1. The first-order chi connectivity index (χ1) is 28.5. The second-order valence-corrected chi connectivity index (χ2v) is 15.7. The monoisotopic (exact) mass is 850 g/mol. The van der Waals surface area contributed by atoms with Crippen LogP contribution >= 0.6 is 7.82 Å². The van der Waals surface area contributed by atoms with Crippen LogP contribution in [-0.4, -0.2) is 71.1 Å². The minimum Gasteiger partial charge on any atom is -0.480 e. The Kier molecular flexibility index (Phi) is 37.8. The lowest BCUT2D eigenvalue weighted by Crippen LogP contribution is -2.34. The van der Waals surface area contributed by atoms with Gasteiger partial charge in [-0.05, 0) is 77.0 Å². The van der Waals surface area contributed by atoms with Gasteiger partial charge in [-0.25, -0.2) is 4.57 Å². The number of rotatable bonds is 39. The number of carboxylic acids is 1. The van der Waals surface area contributed by atoms with Gasteiger partial charge in [0.2, 0.25) is 0 Å². The Morgan fingerprint density at radius 2 is 1.05 bits per heavy atom. The van der Waals surface area contributed by atoms with Crippen molar-refractivity contribution < 1.29 is 52.6 Å². The lowest BCUT2D eigenvalue weighted by atomic mass is 10.1. The molecule has 0 aromatic heterocycles. The molecule has 0 saturated heterocycles. The van der Waals surface area contributed by atoms with Crippen LogP contribution in [0.2, 0.25) is 0 Å². The molecular weight excluding hydrogens is 773 g/mol. The van der Waals surface area contributed by atoms with Gasteiger partial charge >= 0.3 is 25.7 Å². The highest BCUT2D eigenvalue weighted by atomic mass is 31.2. The van der Waals surface area contributed by atoms with Crippen molar-refractivity contribution in [2.75, 3.05) is 19.8 Å². The highest BCUT2D eigenvalue weighted by Crippen LogP contribution is 2.43. The summed E-state index contributed by atoms with van der Waals surface area (Å²) in [4.78, 5) is 45.9. The summed E-state index contributed by atoms with van der Waals surface area (Å²) in [5, 5.41) is 18.7. The van der Waals surface area contributed by atoms with Crippen molar-refractivity contribution in [2.24, 2.45) is 5.73 Å². The molecule has 12 nitrogen and oxygen atoms in total. The molecule has 0 radical (unpaired) electrons. The van der Waals surface area contributed by atoms with Crippen LogP contribution in [0.5, 0.6) is 0 Å².